The van der Waals surface area contributed by atoms with Crippen LogP contribution in [0.4, 0.5) is 0 Å². The van der Waals surface area contributed by atoms with Crippen LogP contribution in [0.2, 0.25) is 0 Å². The van der Waals surface area contributed by atoms with Crippen molar-refractivity contribution in [2.75, 3.05) is 13.3 Å². The van der Waals surface area contributed by atoms with Crippen molar-refractivity contribution in [3.05, 3.63) is 65.7 Å². The third-order valence-corrected chi connectivity index (χ3v) is 4.92. The molecule has 0 aromatic heterocycles. The lowest BCUT2D eigenvalue weighted by Crippen LogP contribution is -2.37. The molecule has 26 heavy (non-hydrogen) atoms. The average Bonchev–Trinajstić information content (AvgIpc) is 2.61. The maximum atomic E-state index is 12.4. The second-order valence-corrected chi connectivity index (χ2v) is 8.04. The number of likely N-dealkylation sites (N-methyl/N-ethyl adjacent to an activating group) is 1. The molecule has 0 saturated carbocycles. The van der Waals surface area contributed by atoms with E-state index in [0.29, 0.717) is 6.54 Å². The SMILES string of the molecule is C[C@@H](OC(=O)c1ccc(S(C)(=O)=O)cc1)C(=O)N(C)Cc1ccccc1. The number of carbonyl (C=O) groups is 2. The number of hydrogen-bond donors (Lipinski definition) is 0. The van der Waals surface area contributed by atoms with Crippen LogP contribution in [0.5, 0.6) is 0 Å². The second-order valence-electron chi connectivity index (χ2n) is 6.02. The standard InChI is InChI=1S/C19H21NO5S/c1-14(18(21)20(2)13-15-7-5-4-6-8-15)25-19(22)16-9-11-17(12-10-16)26(3,23)24/h4-12,14H,13H2,1-3H3/t14-/m1/s1. The quantitative estimate of drug-likeness (QED) is 0.724. The van der Waals surface area contributed by atoms with Crippen LogP contribution in [0.15, 0.2) is 59.5 Å². The Balaban J connectivity index is 1.98. The van der Waals surface area contributed by atoms with Gasteiger partial charge in [-0.05, 0) is 36.8 Å². The van der Waals surface area contributed by atoms with Crippen LogP contribution < -0.4 is 0 Å². The van der Waals surface area contributed by atoms with Crippen molar-refractivity contribution in [2.45, 2.75) is 24.5 Å². The Morgan fingerprint density at radius 2 is 1.62 bits per heavy atom. The van der Waals surface area contributed by atoms with Gasteiger partial charge in [0.25, 0.3) is 5.91 Å². The van der Waals surface area contributed by atoms with Gasteiger partial charge in [-0.15, -0.1) is 0 Å². The normalized spacial score (nSPS) is 12.3. The molecule has 0 radical (unpaired) electrons. The number of esters is 1. The van der Waals surface area contributed by atoms with Gasteiger partial charge < -0.3 is 9.64 Å². The van der Waals surface area contributed by atoms with Crippen molar-refractivity contribution in [1.29, 1.82) is 0 Å². The van der Waals surface area contributed by atoms with Gasteiger partial charge in [0.1, 0.15) is 0 Å². The molecule has 2 aromatic carbocycles. The number of carbonyl (C=O) groups excluding carboxylic acids is 2. The molecular formula is C19H21NO5S. The molecule has 0 aliphatic carbocycles. The van der Waals surface area contributed by atoms with Gasteiger partial charge in [0.15, 0.2) is 15.9 Å². The Bertz CT molecular complexity index is 876. The van der Waals surface area contributed by atoms with Crippen molar-refractivity contribution >= 4 is 21.7 Å². The van der Waals surface area contributed by atoms with E-state index in [1.807, 2.05) is 30.3 Å². The number of ether oxygens (including phenoxy) is 1. The van der Waals surface area contributed by atoms with Gasteiger partial charge in [0.05, 0.1) is 10.5 Å². The van der Waals surface area contributed by atoms with E-state index in [1.165, 1.54) is 36.1 Å². The van der Waals surface area contributed by atoms with Crippen LogP contribution >= 0.6 is 0 Å². The summed E-state index contributed by atoms with van der Waals surface area (Å²) in [6, 6.07) is 14.9. The summed E-state index contributed by atoms with van der Waals surface area (Å²) in [4.78, 5) is 26.1. The molecule has 0 saturated heterocycles. The second kappa shape index (κ2) is 8.14. The molecule has 0 aliphatic rings. The van der Waals surface area contributed by atoms with Gasteiger partial charge in [0, 0.05) is 19.8 Å². The third-order valence-electron chi connectivity index (χ3n) is 3.79. The van der Waals surface area contributed by atoms with Gasteiger partial charge in [-0.2, -0.15) is 0 Å². The van der Waals surface area contributed by atoms with Crippen molar-refractivity contribution in [2.24, 2.45) is 0 Å². The van der Waals surface area contributed by atoms with Crippen LogP contribution in [0.3, 0.4) is 0 Å². The zero-order valence-electron chi connectivity index (χ0n) is 14.9. The minimum absolute atomic E-state index is 0.112. The molecule has 0 aliphatic heterocycles. The molecule has 1 amide bonds. The molecule has 2 aromatic rings. The zero-order chi connectivity index (χ0) is 19.3. The molecule has 1 atom stereocenters. The number of sulfone groups is 1. The molecule has 0 bridgehead atoms. The van der Waals surface area contributed by atoms with Gasteiger partial charge in [-0.25, -0.2) is 13.2 Å². The van der Waals surface area contributed by atoms with E-state index in [2.05, 4.69) is 0 Å². The molecule has 0 heterocycles. The number of benzene rings is 2. The summed E-state index contributed by atoms with van der Waals surface area (Å²) in [6.07, 6.45) is 0.134. The first-order valence-corrected chi connectivity index (χ1v) is 9.87. The summed E-state index contributed by atoms with van der Waals surface area (Å²) in [5, 5.41) is 0. The van der Waals surface area contributed by atoms with E-state index in [-0.39, 0.29) is 16.4 Å². The topological polar surface area (TPSA) is 80.8 Å². The minimum atomic E-state index is -3.34. The van der Waals surface area contributed by atoms with E-state index >= 15 is 0 Å². The monoisotopic (exact) mass is 375 g/mol. The highest BCUT2D eigenvalue weighted by Crippen LogP contribution is 2.13. The maximum absolute atomic E-state index is 12.4. The first-order chi connectivity index (χ1) is 12.2. The summed E-state index contributed by atoms with van der Waals surface area (Å²) in [5.41, 5.74) is 1.15. The van der Waals surface area contributed by atoms with E-state index in [4.69, 9.17) is 4.74 Å². The van der Waals surface area contributed by atoms with Crippen molar-refractivity contribution < 1.29 is 22.7 Å². The van der Waals surface area contributed by atoms with Crippen molar-refractivity contribution in [1.82, 2.24) is 4.90 Å². The fourth-order valence-corrected chi connectivity index (χ4v) is 2.99. The smallest absolute Gasteiger partial charge is 0.338 e. The third kappa shape index (κ3) is 5.16. The fraction of sp³-hybridized carbons (Fsp3) is 0.263. The summed E-state index contributed by atoms with van der Waals surface area (Å²) in [6.45, 7) is 1.91. The van der Waals surface area contributed by atoms with Gasteiger partial charge >= 0.3 is 5.97 Å². The van der Waals surface area contributed by atoms with Crippen LogP contribution in [0.25, 0.3) is 0 Å². The van der Waals surface area contributed by atoms with Crippen LogP contribution in [-0.2, 0) is 25.9 Å². The highest BCUT2D eigenvalue weighted by Gasteiger charge is 2.22. The average molecular weight is 375 g/mol. The highest BCUT2D eigenvalue weighted by atomic mass is 32.2. The number of hydrogen-bond acceptors (Lipinski definition) is 5. The Morgan fingerprint density at radius 3 is 2.15 bits per heavy atom. The maximum Gasteiger partial charge on any atom is 0.338 e. The Morgan fingerprint density at radius 1 is 1.04 bits per heavy atom. The zero-order valence-corrected chi connectivity index (χ0v) is 15.7. The van der Waals surface area contributed by atoms with Gasteiger partial charge in [-0.1, -0.05) is 30.3 Å². The van der Waals surface area contributed by atoms with E-state index in [0.717, 1.165) is 11.8 Å². The first-order valence-electron chi connectivity index (χ1n) is 7.98. The molecule has 2 rings (SSSR count). The Hall–Kier alpha value is -2.67. The van der Waals surface area contributed by atoms with Crippen molar-refractivity contribution in [3.63, 3.8) is 0 Å². The molecule has 7 heteroatoms. The van der Waals surface area contributed by atoms with E-state index in [1.54, 1.807) is 7.05 Å². The molecule has 138 valence electrons. The number of amides is 1. The van der Waals surface area contributed by atoms with Crippen LogP contribution in [0.1, 0.15) is 22.8 Å². The summed E-state index contributed by atoms with van der Waals surface area (Å²) in [5.74, 6) is -1.01. The molecule has 0 fully saturated rings. The van der Waals surface area contributed by atoms with Crippen molar-refractivity contribution in [3.8, 4) is 0 Å². The molecule has 6 nitrogen and oxygen atoms in total. The molecule has 0 unspecified atom stereocenters. The molecule has 0 N–H and O–H groups in total. The van der Waals surface area contributed by atoms with Gasteiger partial charge in [0.2, 0.25) is 0 Å². The predicted octanol–water partition coefficient (Wildman–Crippen LogP) is 2.29. The summed E-state index contributed by atoms with van der Waals surface area (Å²) < 4.78 is 28.1. The highest BCUT2D eigenvalue weighted by molar-refractivity contribution is 7.90. The Kier molecular flexibility index (Phi) is 6.15. The van der Waals surface area contributed by atoms with Crippen LogP contribution in [0, 0.1) is 0 Å². The lowest BCUT2D eigenvalue weighted by atomic mass is 10.2. The fourth-order valence-electron chi connectivity index (χ4n) is 2.36. The van der Waals surface area contributed by atoms with Gasteiger partial charge in [-0.3, -0.25) is 4.79 Å². The number of rotatable bonds is 6. The summed E-state index contributed by atoms with van der Waals surface area (Å²) in [7, 11) is -1.70. The molecular weight excluding hydrogens is 354 g/mol. The lowest BCUT2D eigenvalue weighted by Gasteiger charge is -2.21. The molecule has 0 spiro atoms. The number of nitrogens with zero attached hydrogens (tertiary/aromatic N) is 1. The lowest BCUT2D eigenvalue weighted by molar-refractivity contribution is -0.139. The predicted molar refractivity (Wildman–Crippen MR) is 97.3 cm³/mol. The van der Waals surface area contributed by atoms with Crippen LogP contribution in [-0.4, -0.2) is 44.6 Å². The Labute approximate surface area is 153 Å². The van der Waals surface area contributed by atoms with E-state index in [9.17, 15) is 18.0 Å². The summed E-state index contributed by atoms with van der Waals surface area (Å²) >= 11 is 0. The minimum Gasteiger partial charge on any atom is -0.449 e. The van der Waals surface area contributed by atoms with E-state index < -0.39 is 21.9 Å². The first kappa shape index (κ1) is 19.7. The largest absolute Gasteiger partial charge is 0.449 e.